The Morgan fingerprint density at radius 2 is 1.67 bits per heavy atom. The van der Waals surface area contributed by atoms with Crippen molar-refractivity contribution in [2.24, 2.45) is 10.8 Å². The van der Waals surface area contributed by atoms with Crippen molar-refractivity contribution in [2.45, 2.75) is 25.6 Å². The summed E-state index contributed by atoms with van der Waals surface area (Å²) in [6, 6.07) is 13.0. The number of halogens is 1. The predicted molar refractivity (Wildman–Crippen MR) is 125 cm³/mol. The van der Waals surface area contributed by atoms with E-state index >= 15 is 0 Å². The maximum atomic E-state index is 13.2. The molecule has 0 aromatic heterocycles. The number of anilines is 1. The molecule has 0 spiro atoms. The lowest BCUT2D eigenvalue weighted by molar-refractivity contribution is -0.119. The van der Waals surface area contributed by atoms with E-state index in [9.17, 15) is 14.0 Å². The van der Waals surface area contributed by atoms with Crippen molar-refractivity contribution in [3.63, 3.8) is 0 Å². The molecule has 1 fully saturated rings. The Kier molecular flexibility index (Phi) is 7.00. The predicted octanol–water partition coefficient (Wildman–Crippen LogP) is 1.31. The quantitative estimate of drug-likeness (QED) is 0.661. The van der Waals surface area contributed by atoms with Crippen LogP contribution >= 0.6 is 0 Å². The van der Waals surface area contributed by atoms with Crippen LogP contribution in [0.1, 0.15) is 17.5 Å². The van der Waals surface area contributed by atoms with Crippen molar-refractivity contribution in [1.82, 2.24) is 15.1 Å². The first-order valence-corrected chi connectivity index (χ1v) is 11.1. The molecule has 0 radical (unpaired) electrons. The van der Waals surface area contributed by atoms with E-state index in [2.05, 4.69) is 39.4 Å². The smallest absolute Gasteiger partial charge is 0.267 e. The van der Waals surface area contributed by atoms with Gasteiger partial charge in [-0.05, 0) is 42.4 Å². The molecule has 174 valence electrons. The zero-order valence-corrected chi connectivity index (χ0v) is 18.7. The fourth-order valence-electron chi connectivity index (χ4n) is 4.01. The molecule has 2 aromatic rings. The number of carbonyl (C=O) groups is 2. The molecule has 1 atom stereocenters. The standard InChI is InChI=1S/C24H29FN6O2/c1-29-10-12-30(13-11-29)16-18-4-2-17(3-5-18)15-27-24(33)21-14-22(23(26)32)31(28-21)20-8-6-19(25)7-9-20/h2-9,22H,10-16H2,1H3,(H2,26,32)(H,27,33)/t22-/m0/s1. The van der Waals surface area contributed by atoms with Gasteiger partial charge in [-0.2, -0.15) is 5.10 Å². The molecule has 2 aliphatic rings. The fraction of sp³-hybridized carbons (Fsp3) is 0.375. The molecule has 3 N–H and O–H groups in total. The summed E-state index contributed by atoms with van der Waals surface area (Å²) in [5.41, 5.74) is 8.44. The van der Waals surface area contributed by atoms with Crippen LogP contribution < -0.4 is 16.1 Å². The highest BCUT2D eigenvalue weighted by Gasteiger charge is 2.34. The van der Waals surface area contributed by atoms with Gasteiger partial charge in [0.1, 0.15) is 17.6 Å². The molecular formula is C24H29FN6O2. The van der Waals surface area contributed by atoms with Gasteiger partial charge in [-0.15, -0.1) is 0 Å². The number of hydrogen-bond acceptors (Lipinski definition) is 6. The van der Waals surface area contributed by atoms with E-state index in [-0.39, 0.29) is 18.0 Å². The topological polar surface area (TPSA) is 94.3 Å². The van der Waals surface area contributed by atoms with Gasteiger partial charge in [-0.25, -0.2) is 4.39 Å². The minimum Gasteiger partial charge on any atom is -0.368 e. The average molecular weight is 453 g/mol. The molecule has 4 rings (SSSR count). The molecule has 33 heavy (non-hydrogen) atoms. The van der Waals surface area contributed by atoms with Gasteiger partial charge in [0.05, 0.1) is 5.69 Å². The van der Waals surface area contributed by atoms with Crippen LogP contribution in [0.25, 0.3) is 0 Å². The monoisotopic (exact) mass is 452 g/mol. The average Bonchev–Trinajstić information content (AvgIpc) is 3.26. The summed E-state index contributed by atoms with van der Waals surface area (Å²) in [4.78, 5) is 29.3. The highest BCUT2D eigenvalue weighted by molar-refractivity contribution is 6.40. The minimum absolute atomic E-state index is 0.0997. The molecule has 9 heteroatoms. The Bertz CT molecular complexity index is 1020. The molecule has 2 aromatic carbocycles. The van der Waals surface area contributed by atoms with Crippen molar-refractivity contribution in [3.8, 4) is 0 Å². The van der Waals surface area contributed by atoms with Crippen molar-refractivity contribution in [1.29, 1.82) is 0 Å². The molecule has 1 saturated heterocycles. The fourth-order valence-corrected chi connectivity index (χ4v) is 4.01. The van der Waals surface area contributed by atoms with Crippen LogP contribution in [0.5, 0.6) is 0 Å². The molecule has 2 aliphatic heterocycles. The maximum Gasteiger partial charge on any atom is 0.267 e. The molecule has 2 heterocycles. The second kappa shape index (κ2) is 10.1. The van der Waals surface area contributed by atoms with E-state index < -0.39 is 17.8 Å². The zero-order valence-electron chi connectivity index (χ0n) is 18.7. The number of rotatable bonds is 7. The molecule has 0 unspecified atom stereocenters. The van der Waals surface area contributed by atoms with Crippen LogP contribution in [0.15, 0.2) is 53.6 Å². The Labute approximate surface area is 192 Å². The van der Waals surface area contributed by atoms with Crippen molar-refractivity contribution < 1.29 is 14.0 Å². The van der Waals surface area contributed by atoms with E-state index in [0.29, 0.717) is 12.2 Å². The lowest BCUT2D eigenvalue weighted by Crippen LogP contribution is -2.43. The second-order valence-electron chi connectivity index (χ2n) is 8.57. The Hall–Kier alpha value is -3.30. The van der Waals surface area contributed by atoms with Crippen LogP contribution in [0.4, 0.5) is 10.1 Å². The molecular weight excluding hydrogens is 423 g/mol. The summed E-state index contributed by atoms with van der Waals surface area (Å²) < 4.78 is 13.2. The van der Waals surface area contributed by atoms with E-state index in [1.54, 1.807) is 0 Å². The Morgan fingerprint density at radius 1 is 1.03 bits per heavy atom. The SMILES string of the molecule is CN1CCN(Cc2ccc(CNC(=O)C3=NN(c4ccc(F)cc4)[C@H](C(N)=O)C3)cc2)CC1. The molecule has 0 bridgehead atoms. The lowest BCUT2D eigenvalue weighted by atomic mass is 10.1. The van der Waals surface area contributed by atoms with Gasteiger partial charge in [0.15, 0.2) is 0 Å². The summed E-state index contributed by atoms with van der Waals surface area (Å²) in [6.45, 7) is 5.58. The lowest BCUT2D eigenvalue weighted by Gasteiger charge is -2.32. The van der Waals surface area contributed by atoms with Gasteiger partial charge in [0.2, 0.25) is 5.91 Å². The van der Waals surface area contributed by atoms with Gasteiger partial charge in [0.25, 0.3) is 5.91 Å². The van der Waals surface area contributed by atoms with Crippen molar-refractivity contribution in [3.05, 3.63) is 65.5 Å². The van der Waals surface area contributed by atoms with Gasteiger partial charge in [0, 0.05) is 45.7 Å². The van der Waals surface area contributed by atoms with Crippen LogP contribution in [0.2, 0.25) is 0 Å². The summed E-state index contributed by atoms with van der Waals surface area (Å²) in [7, 11) is 2.14. The van der Waals surface area contributed by atoms with Gasteiger partial charge in [-0.3, -0.25) is 19.5 Å². The van der Waals surface area contributed by atoms with E-state index in [0.717, 1.165) is 38.3 Å². The highest BCUT2D eigenvalue weighted by atomic mass is 19.1. The van der Waals surface area contributed by atoms with Crippen LogP contribution in [0, 0.1) is 5.82 Å². The summed E-state index contributed by atoms with van der Waals surface area (Å²) in [5.74, 6) is -1.35. The largest absolute Gasteiger partial charge is 0.368 e. The number of nitrogens with zero attached hydrogens (tertiary/aromatic N) is 4. The van der Waals surface area contributed by atoms with Crippen LogP contribution in [-0.2, 0) is 22.7 Å². The first kappa shape index (κ1) is 22.9. The van der Waals surface area contributed by atoms with Crippen molar-refractivity contribution in [2.75, 3.05) is 38.2 Å². The summed E-state index contributed by atoms with van der Waals surface area (Å²) >= 11 is 0. The number of hydrazone groups is 1. The number of piperazine rings is 1. The molecule has 8 nitrogen and oxygen atoms in total. The normalized spacial score (nSPS) is 19.4. The molecule has 0 aliphatic carbocycles. The van der Waals surface area contributed by atoms with Gasteiger partial charge >= 0.3 is 0 Å². The summed E-state index contributed by atoms with van der Waals surface area (Å²) in [5, 5.41) is 8.53. The zero-order chi connectivity index (χ0) is 23.4. The number of nitrogens with two attached hydrogens (primary N) is 1. The van der Waals surface area contributed by atoms with E-state index in [1.807, 2.05) is 12.1 Å². The second-order valence-corrected chi connectivity index (χ2v) is 8.57. The number of benzene rings is 2. The number of carbonyl (C=O) groups excluding carboxylic acids is 2. The number of primary amides is 1. The molecule has 0 saturated carbocycles. The van der Waals surface area contributed by atoms with Crippen molar-refractivity contribution >= 4 is 23.2 Å². The Balaban J connectivity index is 1.33. The van der Waals surface area contributed by atoms with E-state index in [4.69, 9.17) is 5.73 Å². The minimum atomic E-state index is -0.787. The molecule has 2 amide bonds. The van der Waals surface area contributed by atoms with Gasteiger partial charge in [-0.1, -0.05) is 24.3 Å². The number of hydrogen-bond donors (Lipinski definition) is 2. The third kappa shape index (κ3) is 5.74. The third-order valence-electron chi connectivity index (χ3n) is 6.07. The number of amides is 2. The van der Waals surface area contributed by atoms with Crippen LogP contribution in [0.3, 0.4) is 0 Å². The third-order valence-corrected chi connectivity index (χ3v) is 6.07. The highest BCUT2D eigenvalue weighted by Crippen LogP contribution is 2.25. The van der Waals surface area contributed by atoms with Crippen LogP contribution in [-0.4, -0.2) is 66.6 Å². The number of nitrogens with one attached hydrogen (secondary N) is 1. The maximum absolute atomic E-state index is 13.2. The Morgan fingerprint density at radius 3 is 2.30 bits per heavy atom. The first-order valence-electron chi connectivity index (χ1n) is 11.1. The van der Waals surface area contributed by atoms with Gasteiger partial charge < -0.3 is 16.0 Å². The summed E-state index contributed by atoms with van der Waals surface area (Å²) in [6.07, 6.45) is 0.0997. The first-order chi connectivity index (χ1) is 15.9. The van der Waals surface area contributed by atoms with E-state index in [1.165, 1.54) is 34.8 Å². The number of likely N-dealkylation sites (N-methyl/N-ethyl adjacent to an activating group) is 1.